The van der Waals surface area contributed by atoms with Crippen LogP contribution in [0.5, 0.6) is 0 Å². The molecule has 19 heavy (non-hydrogen) atoms. The van der Waals surface area contributed by atoms with Gasteiger partial charge in [-0.05, 0) is 31.0 Å². The molecule has 0 saturated carbocycles. The van der Waals surface area contributed by atoms with Gasteiger partial charge in [0.2, 0.25) is 0 Å². The van der Waals surface area contributed by atoms with Gasteiger partial charge < -0.3 is 10.6 Å². The molecule has 0 aliphatic rings. The van der Waals surface area contributed by atoms with Crippen LogP contribution in [-0.4, -0.2) is 40.1 Å². The van der Waals surface area contributed by atoms with E-state index in [-0.39, 0.29) is 11.8 Å². The lowest BCUT2D eigenvalue weighted by Gasteiger charge is -2.20. The van der Waals surface area contributed by atoms with Crippen molar-refractivity contribution in [3.05, 3.63) is 28.8 Å². The third-order valence-electron chi connectivity index (χ3n) is 2.78. The molecule has 2 N–H and O–H groups in total. The fraction of sp³-hybridized carbons (Fsp3) is 0.538. The molecule has 1 atom stereocenters. The van der Waals surface area contributed by atoms with Crippen LogP contribution in [0.1, 0.15) is 12.5 Å². The van der Waals surface area contributed by atoms with Gasteiger partial charge in [0.1, 0.15) is 9.84 Å². The highest BCUT2D eigenvalue weighted by Gasteiger charge is 2.10. The van der Waals surface area contributed by atoms with Crippen LogP contribution in [0.15, 0.2) is 18.2 Å². The molecule has 0 aliphatic carbocycles. The molecular weight excluding hydrogens is 284 g/mol. The summed E-state index contributed by atoms with van der Waals surface area (Å²) in [6.45, 7) is 2.37. The Bertz CT molecular complexity index is 529. The summed E-state index contributed by atoms with van der Waals surface area (Å²) in [7, 11) is -1.13. The first-order valence-electron chi connectivity index (χ1n) is 6.12. The SMILES string of the molecule is CC(N)Cc1ccc(N(C)CCS(C)(=O)=O)c(Cl)c1. The van der Waals surface area contributed by atoms with Crippen molar-refractivity contribution in [1.82, 2.24) is 0 Å². The quantitative estimate of drug-likeness (QED) is 0.869. The van der Waals surface area contributed by atoms with E-state index < -0.39 is 9.84 Å². The van der Waals surface area contributed by atoms with Gasteiger partial charge in [-0.25, -0.2) is 8.42 Å². The first kappa shape index (κ1) is 16.3. The van der Waals surface area contributed by atoms with Crippen LogP contribution in [-0.2, 0) is 16.3 Å². The first-order valence-corrected chi connectivity index (χ1v) is 8.56. The second-order valence-corrected chi connectivity index (χ2v) is 7.69. The number of nitrogens with zero attached hydrogens (tertiary/aromatic N) is 1. The standard InChI is InChI=1S/C13H21ClN2O2S/c1-10(15)8-11-4-5-13(12(14)9-11)16(2)6-7-19(3,17)18/h4-5,9-10H,6-8,15H2,1-3H3. The van der Waals surface area contributed by atoms with Gasteiger partial charge in [0.25, 0.3) is 0 Å². The van der Waals surface area contributed by atoms with Crippen molar-refractivity contribution in [3.63, 3.8) is 0 Å². The molecule has 1 aromatic carbocycles. The molecule has 1 rings (SSSR count). The van der Waals surface area contributed by atoms with Gasteiger partial charge in [-0.1, -0.05) is 17.7 Å². The predicted molar refractivity (Wildman–Crippen MR) is 81.8 cm³/mol. The van der Waals surface area contributed by atoms with E-state index in [0.717, 1.165) is 17.7 Å². The van der Waals surface area contributed by atoms with Crippen LogP contribution >= 0.6 is 11.6 Å². The Balaban J connectivity index is 2.78. The molecule has 1 unspecified atom stereocenters. The zero-order valence-electron chi connectivity index (χ0n) is 11.6. The summed E-state index contributed by atoms with van der Waals surface area (Å²) in [6.07, 6.45) is 2.00. The number of halogens is 1. The Kier molecular flexibility index (Phi) is 5.64. The summed E-state index contributed by atoms with van der Waals surface area (Å²) in [4.78, 5) is 1.85. The highest BCUT2D eigenvalue weighted by molar-refractivity contribution is 7.90. The molecule has 0 saturated heterocycles. The van der Waals surface area contributed by atoms with E-state index in [2.05, 4.69) is 0 Å². The molecule has 0 amide bonds. The molecule has 4 nitrogen and oxygen atoms in total. The van der Waals surface area contributed by atoms with Gasteiger partial charge in [-0.3, -0.25) is 0 Å². The number of rotatable bonds is 6. The lowest BCUT2D eigenvalue weighted by atomic mass is 10.1. The number of sulfone groups is 1. The van der Waals surface area contributed by atoms with Crippen molar-refractivity contribution in [3.8, 4) is 0 Å². The number of anilines is 1. The highest BCUT2D eigenvalue weighted by Crippen LogP contribution is 2.26. The summed E-state index contributed by atoms with van der Waals surface area (Å²) < 4.78 is 22.3. The van der Waals surface area contributed by atoms with E-state index in [0.29, 0.717) is 11.6 Å². The van der Waals surface area contributed by atoms with E-state index in [1.54, 1.807) is 0 Å². The van der Waals surface area contributed by atoms with Gasteiger partial charge >= 0.3 is 0 Å². The van der Waals surface area contributed by atoms with E-state index >= 15 is 0 Å². The molecule has 6 heteroatoms. The van der Waals surface area contributed by atoms with Crippen LogP contribution in [0.25, 0.3) is 0 Å². The zero-order valence-corrected chi connectivity index (χ0v) is 13.1. The summed E-state index contributed by atoms with van der Waals surface area (Å²) >= 11 is 6.23. The minimum absolute atomic E-state index is 0.0879. The Morgan fingerprint density at radius 2 is 2.05 bits per heavy atom. The number of hydrogen-bond acceptors (Lipinski definition) is 4. The van der Waals surface area contributed by atoms with Crippen LogP contribution in [0.4, 0.5) is 5.69 Å². The lowest BCUT2D eigenvalue weighted by Crippen LogP contribution is -2.25. The maximum Gasteiger partial charge on any atom is 0.149 e. The lowest BCUT2D eigenvalue weighted by molar-refractivity contribution is 0.601. The Labute approximate surface area is 120 Å². The van der Waals surface area contributed by atoms with Gasteiger partial charge in [0.05, 0.1) is 16.5 Å². The highest BCUT2D eigenvalue weighted by atomic mass is 35.5. The van der Waals surface area contributed by atoms with Crippen LogP contribution < -0.4 is 10.6 Å². The smallest absolute Gasteiger partial charge is 0.149 e. The Morgan fingerprint density at radius 3 is 2.53 bits per heavy atom. The molecule has 0 aliphatic heterocycles. The summed E-state index contributed by atoms with van der Waals surface area (Å²) in [5.74, 6) is 0.113. The average molecular weight is 305 g/mol. The second-order valence-electron chi connectivity index (χ2n) is 5.02. The van der Waals surface area contributed by atoms with E-state index in [4.69, 9.17) is 17.3 Å². The molecule has 0 bridgehead atoms. The molecule has 108 valence electrons. The van der Waals surface area contributed by atoms with Crippen LogP contribution in [0, 0.1) is 0 Å². The van der Waals surface area contributed by atoms with Gasteiger partial charge in [0, 0.05) is 25.9 Å². The molecule has 0 fully saturated rings. The van der Waals surface area contributed by atoms with Crippen LogP contribution in [0.3, 0.4) is 0 Å². The molecule has 0 spiro atoms. The van der Waals surface area contributed by atoms with E-state index in [1.165, 1.54) is 6.26 Å². The average Bonchev–Trinajstić information content (AvgIpc) is 2.24. The number of hydrogen-bond donors (Lipinski definition) is 1. The second kappa shape index (κ2) is 6.59. The Morgan fingerprint density at radius 1 is 1.42 bits per heavy atom. The fourth-order valence-corrected chi connectivity index (χ4v) is 2.73. The van der Waals surface area contributed by atoms with E-state index in [9.17, 15) is 8.42 Å². The van der Waals surface area contributed by atoms with E-state index in [1.807, 2.05) is 37.1 Å². The van der Waals surface area contributed by atoms with Crippen LogP contribution in [0.2, 0.25) is 5.02 Å². The van der Waals surface area contributed by atoms with Crippen molar-refractivity contribution in [1.29, 1.82) is 0 Å². The largest absolute Gasteiger partial charge is 0.372 e. The third-order valence-corrected chi connectivity index (χ3v) is 4.01. The van der Waals surface area contributed by atoms with Crippen molar-refractivity contribution in [2.75, 3.05) is 30.5 Å². The fourth-order valence-electron chi connectivity index (χ4n) is 1.78. The molecule has 0 aromatic heterocycles. The van der Waals surface area contributed by atoms with Crippen molar-refractivity contribution in [2.24, 2.45) is 5.73 Å². The Hall–Kier alpha value is -0.780. The summed E-state index contributed by atoms with van der Waals surface area (Å²) in [5.41, 5.74) is 7.66. The minimum Gasteiger partial charge on any atom is -0.372 e. The third kappa shape index (κ3) is 5.80. The first-order chi connectivity index (χ1) is 8.69. The summed E-state index contributed by atoms with van der Waals surface area (Å²) in [5, 5.41) is 0.620. The minimum atomic E-state index is -2.97. The van der Waals surface area contributed by atoms with Gasteiger partial charge in [-0.2, -0.15) is 0 Å². The number of benzene rings is 1. The number of nitrogens with two attached hydrogens (primary N) is 1. The maximum absolute atomic E-state index is 11.2. The van der Waals surface area contributed by atoms with Gasteiger partial charge in [-0.15, -0.1) is 0 Å². The van der Waals surface area contributed by atoms with Crippen molar-refractivity contribution in [2.45, 2.75) is 19.4 Å². The monoisotopic (exact) mass is 304 g/mol. The van der Waals surface area contributed by atoms with Crippen molar-refractivity contribution >= 4 is 27.1 Å². The normalized spacial score (nSPS) is 13.3. The zero-order chi connectivity index (χ0) is 14.6. The molecule has 0 heterocycles. The van der Waals surface area contributed by atoms with Crippen molar-refractivity contribution < 1.29 is 8.42 Å². The summed E-state index contributed by atoms with van der Waals surface area (Å²) in [6, 6.07) is 5.85. The molecule has 1 aromatic rings. The topological polar surface area (TPSA) is 63.4 Å². The predicted octanol–water partition coefficient (Wildman–Crippen LogP) is 1.71. The van der Waals surface area contributed by atoms with Gasteiger partial charge in [0.15, 0.2) is 0 Å². The molecule has 0 radical (unpaired) electrons. The molecular formula is C13H21ClN2O2S. The maximum atomic E-state index is 11.2.